The van der Waals surface area contributed by atoms with Crippen molar-refractivity contribution in [1.82, 2.24) is 4.90 Å². The van der Waals surface area contributed by atoms with Gasteiger partial charge in [-0.05, 0) is 43.5 Å². The van der Waals surface area contributed by atoms with Crippen LogP contribution in [-0.2, 0) is 14.8 Å². The molecule has 1 saturated heterocycles. The Bertz CT molecular complexity index is 1150. The smallest absolute Gasteiger partial charge is 0.285 e. The summed E-state index contributed by atoms with van der Waals surface area (Å²) in [5.41, 5.74) is 1.68. The van der Waals surface area contributed by atoms with Crippen molar-refractivity contribution in [2.24, 2.45) is 10.3 Å². The molecule has 3 aliphatic rings. The number of carbonyl (C=O) groups excluding carboxylic acids is 1. The second kappa shape index (κ2) is 7.98. The van der Waals surface area contributed by atoms with Crippen LogP contribution < -0.4 is 4.90 Å². The minimum absolute atomic E-state index is 0.0587. The summed E-state index contributed by atoms with van der Waals surface area (Å²) in [5, 5.41) is 0.475. The van der Waals surface area contributed by atoms with Gasteiger partial charge in [0.25, 0.3) is 10.0 Å². The molecule has 162 valence electrons. The average Bonchev–Trinajstić information content (AvgIpc) is 2.94. The normalized spacial score (nSPS) is 23.0. The van der Waals surface area contributed by atoms with Crippen molar-refractivity contribution in [1.29, 1.82) is 0 Å². The van der Waals surface area contributed by atoms with Gasteiger partial charge in [-0.3, -0.25) is 4.79 Å². The van der Waals surface area contributed by atoms with Crippen molar-refractivity contribution in [3.63, 3.8) is 0 Å². The van der Waals surface area contributed by atoms with Gasteiger partial charge in [0.05, 0.1) is 5.69 Å². The van der Waals surface area contributed by atoms with Crippen LogP contribution in [0.3, 0.4) is 0 Å². The van der Waals surface area contributed by atoms with Gasteiger partial charge in [-0.2, -0.15) is 8.42 Å². The van der Waals surface area contributed by atoms with Gasteiger partial charge >= 0.3 is 0 Å². The third-order valence-electron chi connectivity index (χ3n) is 6.27. The number of sulfonamides is 1. The Morgan fingerprint density at radius 3 is 2.52 bits per heavy atom. The van der Waals surface area contributed by atoms with Gasteiger partial charge in [0.15, 0.2) is 5.84 Å². The molecule has 0 N–H and O–H groups in total. The van der Waals surface area contributed by atoms with Crippen LogP contribution >= 0.6 is 11.8 Å². The van der Waals surface area contributed by atoms with Crippen LogP contribution in [0.15, 0.2) is 62.7 Å². The molecule has 2 aromatic rings. The number of thioether (sulfide) groups is 1. The zero-order valence-corrected chi connectivity index (χ0v) is 19.0. The molecule has 1 unspecified atom stereocenters. The van der Waals surface area contributed by atoms with E-state index in [0.29, 0.717) is 42.6 Å². The molecule has 6 nitrogen and oxygen atoms in total. The van der Waals surface area contributed by atoms with Crippen LogP contribution in [0.5, 0.6) is 0 Å². The number of amidine groups is 1. The predicted octanol–water partition coefficient (Wildman–Crippen LogP) is 3.77. The largest absolute Gasteiger partial charge is 0.355 e. The summed E-state index contributed by atoms with van der Waals surface area (Å²) in [7, 11) is -3.63. The van der Waals surface area contributed by atoms with Crippen molar-refractivity contribution in [2.45, 2.75) is 41.2 Å². The number of benzene rings is 2. The minimum Gasteiger partial charge on any atom is -0.355 e. The SMILES string of the molecule is CC1CCN(C(=O)C2CCN(C3=NS(=O)(=O)c4ccccc43)CC2)c2ccccc2S1. The first kappa shape index (κ1) is 20.6. The van der Waals surface area contributed by atoms with Crippen LogP contribution in [0, 0.1) is 5.92 Å². The van der Waals surface area contributed by atoms with Crippen molar-refractivity contribution in [2.75, 3.05) is 24.5 Å². The maximum absolute atomic E-state index is 13.5. The zero-order valence-electron chi connectivity index (χ0n) is 17.4. The molecule has 31 heavy (non-hydrogen) atoms. The molecule has 0 radical (unpaired) electrons. The highest BCUT2D eigenvalue weighted by molar-refractivity contribution is 8.00. The van der Waals surface area contributed by atoms with Gasteiger partial charge < -0.3 is 9.80 Å². The van der Waals surface area contributed by atoms with Crippen molar-refractivity contribution in [3.05, 3.63) is 54.1 Å². The van der Waals surface area contributed by atoms with Crippen molar-refractivity contribution < 1.29 is 13.2 Å². The van der Waals surface area contributed by atoms with Crippen LogP contribution in [0.25, 0.3) is 0 Å². The van der Waals surface area contributed by atoms with E-state index in [1.165, 1.54) is 4.90 Å². The first-order chi connectivity index (χ1) is 14.9. The molecule has 0 aliphatic carbocycles. The van der Waals surface area contributed by atoms with Crippen LogP contribution in [-0.4, -0.2) is 49.9 Å². The number of fused-ring (bicyclic) bond motifs is 2. The molecule has 2 aromatic carbocycles. The predicted molar refractivity (Wildman–Crippen MR) is 123 cm³/mol. The van der Waals surface area contributed by atoms with E-state index < -0.39 is 10.0 Å². The van der Waals surface area contributed by atoms with Crippen LogP contribution in [0.2, 0.25) is 0 Å². The first-order valence-electron chi connectivity index (χ1n) is 10.7. The fraction of sp³-hybridized carbons (Fsp3) is 0.391. The van der Waals surface area contributed by atoms with E-state index >= 15 is 0 Å². The molecule has 5 rings (SSSR count). The molecule has 0 aromatic heterocycles. The molecule has 1 atom stereocenters. The van der Waals surface area contributed by atoms with Gasteiger partial charge in [0, 0.05) is 41.3 Å². The molecular weight excluding hydrogens is 430 g/mol. The van der Waals surface area contributed by atoms with E-state index in [0.717, 1.165) is 18.7 Å². The Balaban J connectivity index is 1.32. The molecule has 0 saturated carbocycles. The Morgan fingerprint density at radius 1 is 1.00 bits per heavy atom. The highest BCUT2D eigenvalue weighted by Crippen LogP contribution is 2.38. The van der Waals surface area contributed by atoms with E-state index in [-0.39, 0.29) is 16.7 Å². The summed E-state index contributed by atoms with van der Waals surface area (Å²) in [6, 6.07) is 15.1. The first-order valence-corrected chi connectivity index (χ1v) is 13.0. The average molecular weight is 456 g/mol. The lowest BCUT2D eigenvalue weighted by Crippen LogP contribution is -2.45. The monoisotopic (exact) mass is 455 g/mol. The molecule has 0 bridgehead atoms. The summed E-state index contributed by atoms with van der Waals surface area (Å²) >= 11 is 1.84. The number of carbonyl (C=O) groups is 1. The Labute approximate surface area is 187 Å². The molecule has 3 aliphatic heterocycles. The molecule has 0 spiro atoms. The summed E-state index contributed by atoms with van der Waals surface area (Å²) in [6.45, 7) is 4.20. The highest BCUT2D eigenvalue weighted by Gasteiger charge is 2.36. The Morgan fingerprint density at radius 2 is 1.71 bits per heavy atom. The second-order valence-corrected chi connectivity index (χ2v) is 11.4. The fourth-order valence-electron chi connectivity index (χ4n) is 4.59. The number of hydrogen-bond acceptors (Lipinski definition) is 5. The molecule has 1 amide bonds. The lowest BCUT2D eigenvalue weighted by molar-refractivity contribution is -0.123. The van der Waals surface area contributed by atoms with Crippen LogP contribution in [0.1, 0.15) is 31.7 Å². The maximum atomic E-state index is 13.5. The van der Waals surface area contributed by atoms with E-state index in [9.17, 15) is 13.2 Å². The number of anilines is 1. The third-order valence-corrected chi connectivity index (χ3v) is 8.83. The van der Waals surface area contributed by atoms with Crippen molar-refractivity contribution in [3.8, 4) is 0 Å². The summed E-state index contributed by atoms with van der Waals surface area (Å²) < 4.78 is 28.8. The Hall–Kier alpha value is -2.32. The van der Waals surface area contributed by atoms with Crippen molar-refractivity contribution >= 4 is 39.2 Å². The number of amides is 1. The van der Waals surface area contributed by atoms with Crippen LogP contribution in [0.4, 0.5) is 5.69 Å². The lowest BCUT2D eigenvalue weighted by atomic mass is 9.94. The molecule has 8 heteroatoms. The third kappa shape index (κ3) is 3.76. The summed E-state index contributed by atoms with van der Waals surface area (Å²) in [5.74, 6) is 0.645. The number of piperidine rings is 1. The highest BCUT2D eigenvalue weighted by atomic mass is 32.2. The lowest BCUT2D eigenvalue weighted by Gasteiger charge is -2.35. The summed E-state index contributed by atoms with van der Waals surface area (Å²) in [6.07, 6.45) is 2.36. The molecular formula is C23H25N3O3S2. The van der Waals surface area contributed by atoms with E-state index in [1.807, 2.05) is 51.9 Å². The van der Waals surface area contributed by atoms with Gasteiger partial charge in [-0.1, -0.05) is 31.2 Å². The maximum Gasteiger partial charge on any atom is 0.285 e. The standard InChI is InChI=1S/C23H25N3O3S2/c1-16-10-15-26(19-7-3-4-8-20(19)30-16)23(27)17-11-13-25(14-12-17)22-18-6-2-5-9-21(18)31(28,29)24-22/h2-9,16-17H,10-15H2,1H3. The minimum atomic E-state index is -3.63. The fourth-order valence-corrected chi connectivity index (χ4v) is 6.93. The topological polar surface area (TPSA) is 70.1 Å². The zero-order chi connectivity index (χ0) is 21.6. The number of hydrogen-bond donors (Lipinski definition) is 0. The van der Waals surface area contributed by atoms with Gasteiger partial charge in [-0.15, -0.1) is 16.2 Å². The van der Waals surface area contributed by atoms with Gasteiger partial charge in [-0.25, -0.2) is 0 Å². The van der Waals surface area contributed by atoms with E-state index in [2.05, 4.69) is 17.4 Å². The van der Waals surface area contributed by atoms with E-state index in [1.54, 1.807) is 12.1 Å². The second-order valence-electron chi connectivity index (χ2n) is 8.32. The number of likely N-dealkylation sites (tertiary alicyclic amines) is 1. The molecule has 1 fully saturated rings. The van der Waals surface area contributed by atoms with Gasteiger partial charge in [0.1, 0.15) is 4.90 Å². The van der Waals surface area contributed by atoms with Gasteiger partial charge in [0.2, 0.25) is 5.91 Å². The Kier molecular flexibility index (Phi) is 5.30. The van der Waals surface area contributed by atoms with E-state index in [4.69, 9.17) is 0 Å². The number of para-hydroxylation sites is 1. The molecule has 3 heterocycles. The number of rotatable bonds is 1. The quantitative estimate of drug-likeness (QED) is 0.655. The summed E-state index contributed by atoms with van der Waals surface area (Å²) in [4.78, 5) is 18.9. The number of nitrogens with zero attached hydrogens (tertiary/aromatic N) is 3.